The summed E-state index contributed by atoms with van der Waals surface area (Å²) in [6.45, 7) is 10.7. The largest absolute Gasteiger partial charge is 0.494 e. The summed E-state index contributed by atoms with van der Waals surface area (Å²) in [5, 5.41) is 10.0. The molecule has 3 fully saturated rings. The van der Waals surface area contributed by atoms with Gasteiger partial charge < -0.3 is 29.7 Å². The number of carbonyl (C=O) groups is 3. The lowest BCUT2D eigenvalue weighted by atomic mass is 9.83. The minimum atomic E-state index is -2.55. The van der Waals surface area contributed by atoms with Crippen molar-refractivity contribution >= 4 is 70.5 Å². The summed E-state index contributed by atoms with van der Waals surface area (Å²) in [6.07, 6.45) is 6.70. The number of halogens is 1. The highest BCUT2D eigenvalue weighted by Crippen LogP contribution is 2.40. The number of methoxy groups -OCH3 is 1. The van der Waals surface area contributed by atoms with Crippen LogP contribution in [0, 0.1) is 23.7 Å². The van der Waals surface area contributed by atoms with Crippen LogP contribution in [0.25, 0.3) is 0 Å². The Morgan fingerprint density at radius 3 is 2.47 bits per heavy atom. The van der Waals surface area contributed by atoms with Crippen LogP contribution < -0.4 is 30.9 Å². The third kappa shape index (κ3) is 9.85. The Balaban J connectivity index is 0.782. The van der Waals surface area contributed by atoms with Crippen molar-refractivity contribution in [2.75, 3.05) is 81.8 Å². The van der Waals surface area contributed by atoms with Gasteiger partial charge in [0.2, 0.25) is 17.8 Å². The van der Waals surface area contributed by atoms with Gasteiger partial charge >= 0.3 is 0 Å². The van der Waals surface area contributed by atoms with E-state index in [4.69, 9.17) is 16.3 Å². The summed E-state index contributed by atoms with van der Waals surface area (Å²) >= 11 is 6.49. The van der Waals surface area contributed by atoms with Gasteiger partial charge in [0.25, 0.3) is 0 Å². The molecule has 4 aromatic rings. The number of amides is 2. The number of hydrogen-bond acceptors (Lipinski definition) is 12. The van der Waals surface area contributed by atoms with Crippen molar-refractivity contribution < 1.29 is 23.7 Å². The Bertz CT molecular complexity index is 2450. The van der Waals surface area contributed by atoms with E-state index in [1.807, 2.05) is 48.5 Å². The van der Waals surface area contributed by atoms with E-state index in [2.05, 4.69) is 64.6 Å². The molecule has 0 saturated carbocycles. The lowest BCUT2D eigenvalue weighted by Crippen LogP contribution is -2.53. The molecule has 0 spiro atoms. The molecule has 1 aliphatic carbocycles. The molecular formula is C47H54ClN8O5P. The number of piperazine rings is 1. The number of anilines is 5. The number of nitrogens with zero attached hydrogens (tertiary/aromatic N) is 5. The molecule has 2 amide bonds. The Morgan fingerprint density at radius 2 is 1.71 bits per heavy atom. The molecule has 2 unspecified atom stereocenters. The number of aromatic nitrogens is 2. The molecule has 0 bridgehead atoms. The summed E-state index contributed by atoms with van der Waals surface area (Å²) in [5.41, 5.74) is 5.01. The Hall–Kier alpha value is -5.25. The average molecular weight is 877 g/mol. The number of fused-ring (bicyclic) bond motifs is 1. The summed E-state index contributed by atoms with van der Waals surface area (Å²) in [5.74, 6) is 6.63. The minimum absolute atomic E-state index is 0.00896. The van der Waals surface area contributed by atoms with Crippen molar-refractivity contribution in [2.45, 2.75) is 51.0 Å². The van der Waals surface area contributed by atoms with E-state index >= 15 is 0 Å². The second kappa shape index (κ2) is 19.0. The van der Waals surface area contributed by atoms with Crippen molar-refractivity contribution in [3.63, 3.8) is 0 Å². The van der Waals surface area contributed by atoms with Gasteiger partial charge in [0.1, 0.15) is 17.9 Å². The van der Waals surface area contributed by atoms with Crippen molar-refractivity contribution in [3.8, 4) is 17.6 Å². The molecule has 4 heterocycles. The van der Waals surface area contributed by atoms with Gasteiger partial charge in [-0.2, -0.15) is 4.98 Å². The lowest BCUT2D eigenvalue weighted by molar-refractivity contribution is -0.137. The van der Waals surface area contributed by atoms with Crippen LogP contribution in [0.3, 0.4) is 0 Å². The summed E-state index contributed by atoms with van der Waals surface area (Å²) < 4.78 is 18.7. The first-order valence-electron chi connectivity index (χ1n) is 21.5. The number of hydrogen-bond donors (Lipinski definition) is 3. The van der Waals surface area contributed by atoms with Crippen LogP contribution in [0.4, 0.5) is 28.8 Å². The first-order valence-corrected chi connectivity index (χ1v) is 24.5. The van der Waals surface area contributed by atoms with Crippen molar-refractivity contribution in [1.82, 2.24) is 25.1 Å². The highest BCUT2D eigenvalue weighted by molar-refractivity contribution is 7.70. The summed E-state index contributed by atoms with van der Waals surface area (Å²) in [4.78, 5) is 54.1. The van der Waals surface area contributed by atoms with Crippen LogP contribution in [-0.2, 0) is 20.6 Å². The SMILES string of the molecule is COc1cc(N2CCC(N3CCN(CCCC#Cc4cccc5c4CC(C4CCC(=O)NC4=O)C5=O)CC3)CC2)ccc1Nc1ncc(Cl)c(Nc2ccccc2P(C)(C)=O)n1. The summed E-state index contributed by atoms with van der Waals surface area (Å²) in [7, 11) is -0.887. The topological polar surface area (TPSA) is 149 Å². The molecule has 15 heteroatoms. The van der Waals surface area contributed by atoms with Gasteiger partial charge in [-0.3, -0.25) is 24.6 Å². The molecule has 3 N–H and O–H groups in total. The monoisotopic (exact) mass is 876 g/mol. The van der Waals surface area contributed by atoms with E-state index in [1.54, 1.807) is 20.4 Å². The molecule has 8 rings (SSSR count). The number of Topliss-reactive ketones (excluding diaryl/α,β-unsaturated/α-hetero) is 1. The zero-order chi connectivity index (χ0) is 43.4. The van der Waals surface area contributed by atoms with Gasteiger partial charge in [-0.15, -0.1) is 0 Å². The van der Waals surface area contributed by atoms with Crippen molar-refractivity contribution in [3.05, 3.63) is 88.6 Å². The predicted molar refractivity (Wildman–Crippen MR) is 245 cm³/mol. The second-order valence-corrected chi connectivity index (χ2v) is 20.5. The number of benzene rings is 3. The number of ketones is 1. The molecule has 62 heavy (non-hydrogen) atoms. The number of ether oxygens (including phenoxy) is 1. The van der Waals surface area contributed by atoms with Crippen LogP contribution in [0.2, 0.25) is 5.02 Å². The smallest absolute Gasteiger partial charge is 0.230 e. The Kier molecular flexibility index (Phi) is 13.3. The highest BCUT2D eigenvalue weighted by Gasteiger charge is 2.42. The zero-order valence-electron chi connectivity index (χ0n) is 35.6. The molecule has 3 saturated heterocycles. The molecule has 0 radical (unpaired) electrons. The van der Waals surface area contributed by atoms with Gasteiger partial charge in [0, 0.05) is 98.2 Å². The quantitative estimate of drug-likeness (QED) is 0.0602. The summed E-state index contributed by atoms with van der Waals surface area (Å²) in [6, 6.07) is 19.9. The van der Waals surface area contributed by atoms with Gasteiger partial charge in [-0.25, -0.2) is 4.98 Å². The van der Waals surface area contributed by atoms with Crippen LogP contribution >= 0.6 is 18.7 Å². The standard InChI is InChI=1S/C47H54ClN8O5P/c1-61-41-28-33(15-17-39(41)51-47-49-30-38(48)45(53-47)50-40-13-6-7-14-42(40)62(2,3)60)55-22-19-32(20-23-55)56-26-24-54(25-27-56)21-8-4-5-10-31-11-9-12-34-36(31)29-37(44(34)58)35-16-18-43(57)52-46(35)59/h6-7,9,11-15,17,28,30,32,35,37H,4,8,16,18-27,29H2,1-3H3,(H,52,57,59)(H2,49,50,51,53). The average Bonchev–Trinajstić information content (AvgIpc) is 3.61. The lowest BCUT2D eigenvalue weighted by Gasteiger charge is -2.43. The fourth-order valence-electron chi connectivity index (χ4n) is 9.27. The molecule has 324 valence electrons. The van der Waals surface area contributed by atoms with Crippen LogP contribution in [0.1, 0.15) is 60.0 Å². The normalized spacial score (nSPS) is 20.0. The van der Waals surface area contributed by atoms with Gasteiger partial charge in [-0.1, -0.05) is 47.7 Å². The van der Waals surface area contributed by atoms with Crippen molar-refractivity contribution in [2.24, 2.45) is 11.8 Å². The maximum absolute atomic E-state index is 13.2. The number of piperidine rings is 2. The second-order valence-electron chi connectivity index (χ2n) is 17.0. The highest BCUT2D eigenvalue weighted by atomic mass is 35.5. The van der Waals surface area contributed by atoms with E-state index in [0.29, 0.717) is 52.7 Å². The molecule has 1 aromatic heterocycles. The predicted octanol–water partition coefficient (Wildman–Crippen LogP) is 6.70. The molecule has 4 aliphatic rings. The van der Waals surface area contributed by atoms with Crippen LogP contribution in [0.5, 0.6) is 5.75 Å². The maximum Gasteiger partial charge on any atom is 0.230 e. The van der Waals surface area contributed by atoms with E-state index in [0.717, 1.165) is 99.3 Å². The minimum Gasteiger partial charge on any atom is -0.494 e. The third-order valence-corrected chi connectivity index (χ3v) is 14.5. The number of imide groups is 1. The number of nitrogens with one attached hydrogen (secondary N) is 3. The first kappa shape index (κ1) is 43.4. The number of para-hydroxylation sites is 1. The number of unbranched alkanes of at least 4 members (excludes halogenated alkanes) is 1. The van der Waals surface area contributed by atoms with Gasteiger partial charge in [0.05, 0.1) is 24.7 Å². The fourth-order valence-corrected chi connectivity index (χ4v) is 10.6. The van der Waals surface area contributed by atoms with E-state index in [9.17, 15) is 18.9 Å². The van der Waals surface area contributed by atoms with E-state index < -0.39 is 19.0 Å². The maximum atomic E-state index is 13.2. The molecular weight excluding hydrogens is 823 g/mol. The molecule has 3 aromatic carbocycles. The Labute approximate surface area is 368 Å². The number of rotatable bonds is 12. The van der Waals surface area contributed by atoms with Gasteiger partial charge in [0.15, 0.2) is 11.6 Å². The zero-order valence-corrected chi connectivity index (χ0v) is 37.2. The molecule has 2 atom stereocenters. The first-order chi connectivity index (χ1) is 29.9. The van der Waals surface area contributed by atoms with Crippen molar-refractivity contribution in [1.29, 1.82) is 0 Å². The molecule has 13 nitrogen and oxygen atoms in total. The van der Waals surface area contributed by atoms with Crippen LogP contribution in [-0.4, -0.2) is 110 Å². The fraction of sp³-hybridized carbons (Fsp3) is 0.426. The van der Waals surface area contributed by atoms with E-state index in [-0.39, 0.29) is 24.0 Å². The third-order valence-electron chi connectivity index (χ3n) is 12.6. The van der Waals surface area contributed by atoms with Gasteiger partial charge in [-0.05, 0) is 87.9 Å². The molecule has 3 aliphatic heterocycles. The number of carbonyl (C=O) groups excluding carboxylic acids is 3. The van der Waals surface area contributed by atoms with Crippen LogP contribution in [0.15, 0.2) is 66.9 Å². The Morgan fingerprint density at radius 1 is 0.919 bits per heavy atom. The van der Waals surface area contributed by atoms with E-state index in [1.165, 1.54) is 6.20 Å².